The van der Waals surface area contributed by atoms with E-state index in [0.717, 1.165) is 45.7 Å². The number of amides is 1. The van der Waals surface area contributed by atoms with Gasteiger partial charge < -0.3 is 9.80 Å². The smallest absolute Gasteiger partial charge is 0.222 e. The van der Waals surface area contributed by atoms with Crippen molar-refractivity contribution >= 4 is 11.6 Å². The Labute approximate surface area is 146 Å². The monoisotopic (exact) mass is 329 g/mol. The lowest BCUT2D eigenvalue weighted by Gasteiger charge is -2.44. The molecule has 1 aromatic rings. The maximum atomic E-state index is 12.4. The van der Waals surface area contributed by atoms with Crippen molar-refractivity contribution < 1.29 is 4.79 Å². The van der Waals surface area contributed by atoms with Gasteiger partial charge in [0.15, 0.2) is 0 Å². The number of para-hydroxylation sites is 1. The molecule has 2 fully saturated rings. The number of hydrogen-bond acceptors (Lipinski definition) is 3. The van der Waals surface area contributed by atoms with Gasteiger partial charge in [-0.25, -0.2) is 0 Å². The van der Waals surface area contributed by atoms with Gasteiger partial charge >= 0.3 is 0 Å². The summed E-state index contributed by atoms with van der Waals surface area (Å²) in [4.78, 5) is 19.6. The zero-order valence-electron chi connectivity index (χ0n) is 15.2. The molecule has 1 unspecified atom stereocenters. The minimum Gasteiger partial charge on any atom is -0.369 e. The van der Waals surface area contributed by atoms with Crippen LogP contribution in [-0.2, 0) is 4.79 Å². The molecule has 0 aliphatic carbocycles. The average Bonchev–Trinajstić information content (AvgIpc) is 2.62. The maximum absolute atomic E-state index is 12.4. The molecule has 2 aliphatic heterocycles. The number of rotatable bonds is 4. The highest BCUT2D eigenvalue weighted by Gasteiger charge is 2.30. The highest BCUT2D eigenvalue weighted by Crippen LogP contribution is 2.21. The summed E-state index contributed by atoms with van der Waals surface area (Å²) in [5, 5.41) is 0. The number of anilines is 1. The van der Waals surface area contributed by atoms with Crippen LogP contribution in [0.4, 0.5) is 5.69 Å². The summed E-state index contributed by atoms with van der Waals surface area (Å²) in [5.41, 5.74) is 1.33. The number of carbonyl (C=O) groups is 1. The molecule has 1 amide bonds. The van der Waals surface area contributed by atoms with E-state index in [9.17, 15) is 4.79 Å². The van der Waals surface area contributed by atoms with Crippen molar-refractivity contribution in [3.05, 3.63) is 30.3 Å². The van der Waals surface area contributed by atoms with Crippen molar-refractivity contribution in [2.75, 3.05) is 44.2 Å². The Hall–Kier alpha value is -1.55. The van der Waals surface area contributed by atoms with Crippen LogP contribution < -0.4 is 4.90 Å². The predicted octanol–water partition coefficient (Wildman–Crippen LogP) is 2.85. The molecule has 1 atom stereocenters. The van der Waals surface area contributed by atoms with Gasteiger partial charge in [0.05, 0.1) is 0 Å². The Kier molecular flexibility index (Phi) is 5.77. The van der Waals surface area contributed by atoms with Crippen LogP contribution in [0.15, 0.2) is 30.3 Å². The fourth-order valence-corrected chi connectivity index (χ4v) is 3.94. The lowest BCUT2D eigenvalue weighted by molar-refractivity contribution is -0.134. The summed E-state index contributed by atoms with van der Waals surface area (Å²) >= 11 is 0. The Bertz CT molecular complexity index is 523. The highest BCUT2D eigenvalue weighted by atomic mass is 16.2. The van der Waals surface area contributed by atoms with Gasteiger partial charge in [-0.1, -0.05) is 32.0 Å². The van der Waals surface area contributed by atoms with Gasteiger partial charge in [0.2, 0.25) is 5.91 Å². The van der Waals surface area contributed by atoms with E-state index in [1.54, 1.807) is 0 Å². The summed E-state index contributed by atoms with van der Waals surface area (Å²) in [7, 11) is 0. The molecular formula is C20H31N3O. The van der Waals surface area contributed by atoms with Gasteiger partial charge in [-0.3, -0.25) is 9.69 Å². The summed E-state index contributed by atoms with van der Waals surface area (Å²) in [6.07, 6.45) is 3.07. The van der Waals surface area contributed by atoms with Crippen LogP contribution in [0.5, 0.6) is 0 Å². The first kappa shape index (κ1) is 17.3. The lowest BCUT2D eigenvalue weighted by atomic mass is 10.0. The first-order valence-electron chi connectivity index (χ1n) is 9.45. The Morgan fingerprint density at radius 2 is 1.79 bits per heavy atom. The third-order valence-corrected chi connectivity index (χ3v) is 5.28. The molecule has 0 bridgehead atoms. The number of piperazine rings is 1. The molecule has 2 saturated heterocycles. The van der Waals surface area contributed by atoms with Crippen LogP contribution in [0, 0.1) is 5.92 Å². The summed E-state index contributed by atoms with van der Waals surface area (Å²) < 4.78 is 0. The van der Waals surface area contributed by atoms with Crippen molar-refractivity contribution in [2.24, 2.45) is 5.92 Å². The van der Waals surface area contributed by atoms with Gasteiger partial charge in [0.1, 0.15) is 0 Å². The van der Waals surface area contributed by atoms with Crippen LogP contribution in [0.1, 0.15) is 33.1 Å². The lowest BCUT2D eigenvalue weighted by Crippen LogP contribution is -2.56. The number of nitrogens with zero attached hydrogens (tertiary/aromatic N) is 3. The number of benzene rings is 1. The molecule has 2 aliphatic rings. The van der Waals surface area contributed by atoms with Crippen LogP contribution in [0.3, 0.4) is 0 Å². The van der Waals surface area contributed by atoms with E-state index < -0.39 is 0 Å². The van der Waals surface area contributed by atoms with Crippen LogP contribution in [0.2, 0.25) is 0 Å². The number of piperidine rings is 1. The predicted molar refractivity (Wildman–Crippen MR) is 99.3 cm³/mol. The molecule has 0 spiro atoms. The zero-order valence-corrected chi connectivity index (χ0v) is 15.2. The van der Waals surface area contributed by atoms with Crippen molar-refractivity contribution in [3.63, 3.8) is 0 Å². The standard InChI is InChI=1S/C20H31N3O/c1-17(2)15-20(24)23-10-6-9-19(16-23)22-13-11-21(12-14-22)18-7-4-3-5-8-18/h3-5,7-8,17,19H,6,9-16H2,1-2H3. The summed E-state index contributed by atoms with van der Waals surface area (Å²) in [5.74, 6) is 0.796. The van der Waals surface area contributed by atoms with E-state index in [1.165, 1.54) is 12.1 Å². The van der Waals surface area contributed by atoms with Crippen molar-refractivity contribution in [1.82, 2.24) is 9.80 Å². The fraction of sp³-hybridized carbons (Fsp3) is 0.650. The van der Waals surface area contributed by atoms with E-state index in [0.29, 0.717) is 24.3 Å². The molecule has 3 rings (SSSR count). The molecule has 132 valence electrons. The summed E-state index contributed by atoms with van der Waals surface area (Å²) in [6.45, 7) is 10.5. The van der Waals surface area contributed by atoms with Crippen LogP contribution >= 0.6 is 0 Å². The molecule has 2 heterocycles. The molecule has 0 radical (unpaired) electrons. The second-order valence-corrected chi connectivity index (χ2v) is 7.59. The fourth-order valence-electron chi connectivity index (χ4n) is 3.94. The maximum Gasteiger partial charge on any atom is 0.222 e. The largest absolute Gasteiger partial charge is 0.369 e. The van der Waals surface area contributed by atoms with E-state index in [-0.39, 0.29) is 0 Å². The molecular weight excluding hydrogens is 298 g/mol. The van der Waals surface area contributed by atoms with Crippen LogP contribution in [-0.4, -0.2) is 61.0 Å². The first-order chi connectivity index (χ1) is 11.6. The average molecular weight is 329 g/mol. The van der Waals surface area contributed by atoms with E-state index in [4.69, 9.17) is 0 Å². The van der Waals surface area contributed by atoms with E-state index >= 15 is 0 Å². The molecule has 0 aromatic heterocycles. The molecule has 0 saturated carbocycles. The minimum atomic E-state index is 0.345. The normalized spacial score (nSPS) is 22.9. The van der Waals surface area contributed by atoms with Crippen molar-refractivity contribution in [3.8, 4) is 0 Å². The third kappa shape index (κ3) is 4.29. The van der Waals surface area contributed by atoms with Gasteiger partial charge in [0, 0.05) is 57.4 Å². The molecule has 4 nitrogen and oxygen atoms in total. The van der Waals surface area contributed by atoms with Crippen molar-refractivity contribution in [1.29, 1.82) is 0 Å². The van der Waals surface area contributed by atoms with E-state index in [2.05, 4.69) is 58.9 Å². The van der Waals surface area contributed by atoms with Gasteiger partial charge in [0.25, 0.3) is 0 Å². The number of hydrogen-bond donors (Lipinski definition) is 0. The quantitative estimate of drug-likeness (QED) is 0.850. The topological polar surface area (TPSA) is 26.8 Å². The molecule has 4 heteroatoms. The highest BCUT2D eigenvalue weighted by molar-refractivity contribution is 5.76. The molecule has 1 aromatic carbocycles. The van der Waals surface area contributed by atoms with Gasteiger partial charge in [-0.2, -0.15) is 0 Å². The SMILES string of the molecule is CC(C)CC(=O)N1CCCC(N2CCN(c3ccccc3)CC2)C1. The first-order valence-corrected chi connectivity index (χ1v) is 9.45. The van der Waals surface area contributed by atoms with Crippen LogP contribution in [0.25, 0.3) is 0 Å². The number of likely N-dealkylation sites (tertiary alicyclic amines) is 1. The zero-order chi connectivity index (χ0) is 16.9. The Morgan fingerprint density at radius 3 is 2.46 bits per heavy atom. The summed E-state index contributed by atoms with van der Waals surface area (Å²) in [6, 6.07) is 11.2. The minimum absolute atomic E-state index is 0.345. The third-order valence-electron chi connectivity index (χ3n) is 5.28. The number of carbonyl (C=O) groups excluding carboxylic acids is 1. The van der Waals surface area contributed by atoms with Gasteiger partial charge in [-0.05, 0) is 30.9 Å². The van der Waals surface area contributed by atoms with Crippen molar-refractivity contribution in [2.45, 2.75) is 39.2 Å². The Morgan fingerprint density at radius 1 is 1.08 bits per heavy atom. The molecule has 0 N–H and O–H groups in total. The van der Waals surface area contributed by atoms with E-state index in [1.807, 2.05) is 0 Å². The van der Waals surface area contributed by atoms with Gasteiger partial charge in [-0.15, -0.1) is 0 Å². The second kappa shape index (κ2) is 8.02. The Balaban J connectivity index is 1.51. The second-order valence-electron chi connectivity index (χ2n) is 7.59. The molecule has 24 heavy (non-hydrogen) atoms.